The lowest BCUT2D eigenvalue weighted by molar-refractivity contribution is -0.138. The Labute approximate surface area is 195 Å². The second-order valence-electron chi connectivity index (χ2n) is 7.11. The van der Waals surface area contributed by atoms with E-state index in [0.717, 1.165) is 11.2 Å². The first-order valence-electron chi connectivity index (χ1n) is 9.42. The van der Waals surface area contributed by atoms with Crippen molar-refractivity contribution in [1.29, 1.82) is 0 Å². The van der Waals surface area contributed by atoms with Crippen molar-refractivity contribution in [3.05, 3.63) is 82.3 Å². The Bertz CT molecular complexity index is 1270. The van der Waals surface area contributed by atoms with Crippen molar-refractivity contribution in [2.24, 2.45) is 0 Å². The number of carbonyl (C=O) groups is 2. The van der Waals surface area contributed by atoms with Gasteiger partial charge in [-0.25, -0.2) is 13.2 Å². The van der Waals surface area contributed by atoms with Crippen molar-refractivity contribution in [2.45, 2.75) is 17.9 Å². The molecule has 0 aliphatic carbocycles. The molecule has 0 aliphatic rings. The van der Waals surface area contributed by atoms with E-state index >= 15 is 0 Å². The maximum absolute atomic E-state index is 13.4. The van der Waals surface area contributed by atoms with E-state index in [4.69, 9.17) is 23.2 Å². The summed E-state index contributed by atoms with van der Waals surface area (Å²) in [4.78, 5) is 26.3. The van der Waals surface area contributed by atoms with Crippen LogP contribution >= 0.6 is 23.2 Å². The van der Waals surface area contributed by atoms with Crippen LogP contribution in [0.5, 0.6) is 0 Å². The van der Waals surface area contributed by atoms with E-state index in [1.165, 1.54) is 25.1 Å². The molecule has 9 heteroatoms. The van der Waals surface area contributed by atoms with Crippen molar-refractivity contribution in [1.82, 2.24) is 0 Å². The average Bonchev–Trinajstić information content (AvgIpc) is 2.73. The summed E-state index contributed by atoms with van der Waals surface area (Å²) in [7, 11) is -3.53. The summed E-state index contributed by atoms with van der Waals surface area (Å²) in [6.07, 6.45) is 1.10. The minimum atomic E-state index is -3.53. The smallest absolute Gasteiger partial charge is 0.326 e. The van der Waals surface area contributed by atoms with Crippen LogP contribution in [-0.2, 0) is 14.6 Å². The number of carbonyl (C=O) groups excluding carboxylic acids is 1. The van der Waals surface area contributed by atoms with Crippen LogP contribution in [-0.4, -0.2) is 37.7 Å². The van der Waals surface area contributed by atoms with Crippen LogP contribution in [0.1, 0.15) is 17.3 Å². The maximum atomic E-state index is 13.4. The molecule has 3 aromatic rings. The van der Waals surface area contributed by atoms with E-state index < -0.39 is 27.8 Å². The summed E-state index contributed by atoms with van der Waals surface area (Å²) < 4.78 is 24.3. The summed E-state index contributed by atoms with van der Waals surface area (Å²) >= 11 is 12.9. The Hall–Kier alpha value is -2.87. The monoisotopic (exact) mass is 491 g/mol. The third kappa shape index (κ3) is 4.80. The molecule has 0 unspecified atom stereocenters. The Morgan fingerprint density at radius 2 is 1.47 bits per heavy atom. The molecule has 0 saturated carbocycles. The zero-order valence-electron chi connectivity index (χ0n) is 17.1. The molecular formula is C23H19Cl2NO5S. The van der Waals surface area contributed by atoms with E-state index in [-0.39, 0.29) is 20.5 Å². The predicted octanol–water partition coefficient (Wildman–Crippen LogP) is 5.18. The lowest BCUT2D eigenvalue weighted by Crippen LogP contribution is -2.43. The summed E-state index contributed by atoms with van der Waals surface area (Å²) in [5, 5.41) is 9.47. The normalized spacial score (nSPS) is 12.2. The fourth-order valence-corrected chi connectivity index (χ4v) is 4.86. The van der Waals surface area contributed by atoms with Crippen LogP contribution in [0.2, 0.25) is 10.0 Å². The van der Waals surface area contributed by atoms with Crippen LogP contribution < -0.4 is 4.90 Å². The molecule has 0 bridgehead atoms. The van der Waals surface area contributed by atoms with Crippen molar-refractivity contribution >= 4 is 50.6 Å². The van der Waals surface area contributed by atoms with Crippen molar-refractivity contribution < 1.29 is 23.1 Å². The number of aliphatic carboxylic acids is 1. The number of carboxylic acid groups (broad SMARTS) is 1. The van der Waals surface area contributed by atoms with Gasteiger partial charge >= 0.3 is 5.97 Å². The van der Waals surface area contributed by atoms with Crippen molar-refractivity contribution in [3.63, 3.8) is 0 Å². The zero-order chi connectivity index (χ0) is 23.6. The van der Waals surface area contributed by atoms with Crippen LogP contribution in [0.15, 0.2) is 71.6 Å². The van der Waals surface area contributed by atoms with Gasteiger partial charge in [0.1, 0.15) is 6.04 Å². The van der Waals surface area contributed by atoms with Gasteiger partial charge in [-0.15, -0.1) is 0 Å². The van der Waals surface area contributed by atoms with E-state index in [0.29, 0.717) is 16.8 Å². The number of anilines is 1. The van der Waals surface area contributed by atoms with Gasteiger partial charge in [0.2, 0.25) is 0 Å². The van der Waals surface area contributed by atoms with Crippen LogP contribution in [0.4, 0.5) is 5.69 Å². The highest BCUT2D eigenvalue weighted by molar-refractivity contribution is 7.90. The van der Waals surface area contributed by atoms with E-state index in [1.807, 2.05) is 0 Å². The largest absolute Gasteiger partial charge is 0.480 e. The highest BCUT2D eigenvalue weighted by Crippen LogP contribution is 2.36. The first-order valence-corrected chi connectivity index (χ1v) is 12.1. The second kappa shape index (κ2) is 9.32. The van der Waals surface area contributed by atoms with Crippen LogP contribution in [0.25, 0.3) is 11.1 Å². The first kappa shape index (κ1) is 23.8. The number of nitrogens with zero attached hydrogens (tertiary/aromatic N) is 1. The quantitative estimate of drug-likeness (QED) is 0.512. The molecule has 0 saturated heterocycles. The highest BCUT2D eigenvalue weighted by Gasteiger charge is 2.31. The van der Waals surface area contributed by atoms with Gasteiger partial charge in [-0.2, -0.15) is 0 Å². The lowest BCUT2D eigenvalue weighted by atomic mass is 10.0. The summed E-state index contributed by atoms with van der Waals surface area (Å²) in [6.45, 7) is 1.38. The molecule has 0 fully saturated rings. The number of amides is 1. The topological polar surface area (TPSA) is 91.8 Å². The number of rotatable bonds is 6. The molecule has 3 rings (SSSR count). The zero-order valence-corrected chi connectivity index (χ0v) is 19.4. The van der Waals surface area contributed by atoms with Crippen molar-refractivity contribution in [3.8, 4) is 11.1 Å². The van der Waals surface area contributed by atoms with Gasteiger partial charge in [0.15, 0.2) is 9.84 Å². The van der Waals surface area contributed by atoms with Crippen LogP contribution in [0, 0.1) is 0 Å². The SMILES string of the molecule is C[C@@H](C(=O)O)N(C(=O)c1c(Cl)cc(-c2ccccc2S(C)(=O)=O)cc1Cl)c1ccccc1. The molecule has 0 aromatic heterocycles. The van der Waals surface area contributed by atoms with Gasteiger partial charge in [0.25, 0.3) is 5.91 Å². The molecule has 32 heavy (non-hydrogen) atoms. The van der Waals surface area contributed by atoms with Gasteiger partial charge in [-0.1, -0.05) is 59.6 Å². The number of sulfone groups is 1. The first-order chi connectivity index (χ1) is 15.0. The summed E-state index contributed by atoms with van der Waals surface area (Å²) in [5.41, 5.74) is 1.09. The molecule has 0 radical (unpaired) electrons. The maximum Gasteiger partial charge on any atom is 0.326 e. The summed E-state index contributed by atoms with van der Waals surface area (Å²) in [5.74, 6) is -1.89. The van der Waals surface area contributed by atoms with Crippen molar-refractivity contribution in [2.75, 3.05) is 11.2 Å². The third-order valence-corrected chi connectivity index (χ3v) is 6.60. The molecule has 166 valence electrons. The molecule has 1 atom stereocenters. The Balaban J connectivity index is 2.14. The average molecular weight is 492 g/mol. The number of para-hydroxylation sites is 1. The highest BCUT2D eigenvalue weighted by atomic mass is 35.5. The predicted molar refractivity (Wildman–Crippen MR) is 125 cm³/mol. The molecule has 1 amide bonds. The van der Waals surface area contributed by atoms with Crippen LogP contribution in [0.3, 0.4) is 0 Å². The standard InChI is InChI=1S/C23H19Cl2NO5S/c1-14(23(28)29)26(16-8-4-3-5-9-16)22(27)21-18(24)12-15(13-19(21)25)17-10-6-7-11-20(17)32(2,30)31/h3-14H,1-2H3,(H,28,29)/t14-/m0/s1. The number of hydrogen-bond acceptors (Lipinski definition) is 4. The number of carboxylic acids is 1. The van der Waals surface area contributed by atoms with E-state index in [1.54, 1.807) is 48.5 Å². The molecule has 6 nitrogen and oxygen atoms in total. The molecule has 0 heterocycles. The van der Waals surface area contributed by atoms with Gasteiger partial charge < -0.3 is 5.11 Å². The number of hydrogen-bond donors (Lipinski definition) is 1. The van der Waals surface area contributed by atoms with Gasteiger partial charge in [0.05, 0.1) is 20.5 Å². The van der Waals surface area contributed by atoms with Gasteiger partial charge in [-0.05, 0) is 42.8 Å². The minimum absolute atomic E-state index is 0.0284. The van der Waals surface area contributed by atoms with Gasteiger partial charge in [0, 0.05) is 17.5 Å². The fourth-order valence-electron chi connectivity index (χ4n) is 3.30. The molecule has 0 spiro atoms. The Morgan fingerprint density at radius 3 is 2.00 bits per heavy atom. The lowest BCUT2D eigenvalue weighted by Gasteiger charge is -2.27. The molecule has 1 N–H and O–H groups in total. The molecule has 3 aromatic carbocycles. The fraction of sp³-hybridized carbons (Fsp3) is 0.130. The molecule has 0 aliphatic heterocycles. The summed E-state index contributed by atoms with van der Waals surface area (Å²) in [6, 6.07) is 16.4. The Morgan fingerprint density at radius 1 is 0.938 bits per heavy atom. The number of benzene rings is 3. The Kier molecular flexibility index (Phi) is 6.93. The third-order valence-electron chi connectivity index (χ3n) is 4.85. The number of halogens is 2. The van der Waals surface area contributed by atoms with Gasteiger partial charge in [-0.3, -0.25) is 9.69 Å². The molecular weight excluding hydrogens is 473 g/mol. The minimum Gasteiger partial charge on any atom is -0.480 e. The van der Waals surface area contributed by atoms with E-state index in [2.05, 4.69) is 0 Å². The van der Waals surface area contributed by atoms with E-state index in [9.17, 15) is 23.1 Å². The second-order valence-corrected chi connectivity index (χ2v) is 9.91.